The summed E-state index contributed by atoms with van der Waals surface area (Å²) in [6, 6.07) is 4.90. The van der Waals surface area contributed by atoms with Gasteiger partial charge in [0.1, 0.15) is 0 Å². The van der Waals surface area contributed by atoms with Crippen molar-refractivity contribution < 1.29 is 13.3 Å². The largest absolute Gasteiger partial charge is 0.327 e. The maximum absolute atomic E-state index is 12.4. The topological polar surface area (TPSA) is 107 Å². The zero-order valence-corrected chi connectivity index (χ0v) is 12.3. The first-order chi connectivity index (χ1) is 8.91. The second-order valence-corrected chi connectivity index (χ2v) is 6.46. The zero-order chi connectivity index (χ0) is 14.0. The third-order valence-electron chi connectivity index (χ3n) is 3.09. The van der Waals surface area contributed by atoms with Crippen LogP contribution in [0.15, 0.2) is 29.2 Å². The summed E-state index contributed by atoms with van der Waals surface area (Å²) in [4.78, 5) is 10.0. The van der Waals surface area contributed by atoms with Gasteiger partial charge in [-0.25, -0.2) is 8.42 Å². The van der Waals surface area contributed by atoms with E-state index in [9.17, 15) is 18.5 Å². The number of sulfonamides is 1. The summed E-state index contributed by atoms with van der Waals surface area (Å²) < 4.78 is 26.0. The van der Waals surface area contributed by atoms with Crippen LogP contribution in [0.5, 0.6) is 0 Å². The third-order valence-corrected chi connectivity index (χ3v) is 4.95. The van der Waals surface area contributed by atoms with Crippen molar-refractivity contribution in [1.29, 1.82) is 0 Å². The maximum atomic E-state index is 12.4. The molecule has 1 heterocycles. The summed E-state index contributed by atoms with van der Waals surface area (Å²) in [6.07, 6.45) is 1.50. The Morgan fingerprint density at radius 1 is 1.40 bits per heavy atom. The average molecular weight is 322 g/mol. The molecule has 0 bridgehead atoms. The van der Waals surface area contributed by atoms with Gasteiger partial charge in [0, 0.05) is 31.3 Å². The van der Waals surface area contributed by atoms with Crippen LogP contribution < -0.4 is 5.73 Å². The lowest BCUT2D eigenvalue weighted by molar-refractivity contribution is -0.385. The van der Waals surface area contributed by atoms with Gasteiger partial charge in [0.25, 0.3) is 5.69 Å². The number of halogens is 1. The molecule has 2 N–H and O–H groups in total. The first kappa shape index (κ1) is 16.8. The second-order valence-electron chi connectivity index (χ2n) is 4.52. The predicted molar refractivity (Wildman–Crippen MR) is 76.3 cm³/mol. The van der Waals surface area contributed by atoms with Crippen molar-refractivity contribution in [2.75, 3.05) is 13.1 Å². The monoisotopic (exact) mass is 321 g/mol. The SMILES string of the molecule is Cl.NC1CCCN(S(=O)(=O)c2cccc([N+](=O)[O-])c2)C1. The van der Waals surface area contributed by atoms with E-state index in [1.54, 1.807) is 0 Å². The van der Waals surface area contributed by atoms with Crippen LogP contribution >= 0.6 is 12.4 Å². The van der Waals surface area contributed by atoms with Crippen molar-refractivity contribution in [3.8, 4) is 0 Å². The van der Waals surface area contributed by atoms with E-state index in [1.807, 2.05) is 0 Å². The molecule has 112 valence electrons. The highest BCUT2D eigenvalue weighted by molar-refractivity contribution is 7.89. The van der Waals surface area contributed by atoms with Gasteiger partial charge in [-0.1, -0.05) is 6.07 Å². The molecule has 1 fully saturated rings. The number of nitrogens with two attached hydrogens (primary N) is 1. The summed E-state index contributed by atoms with van der Waals surface area (Å²) in [6.45, 7) is 0.656. The van der Waals surface area contributed by atoms with E-state index >= 15 is 0 Å². The number of hydrogen-bond acceptors (Lipinski definition) is 5. The zero-order valence-electron chi connectivity index (χ0n) is 10.6. The Kier molecular flexibility index (Phi) is 5.46. The van der Waals surface area contributed by atoms with Crippen molar-refractivity contribution in [1.82, 2.24) is 4.31 Å². The number of piperidine rings is 1. The molecule has 1 atom stereocenters. The van der Waals surface area contributed by atoms with E-state index in [-0.39, 0.29) is 35.6 Å². The Morgan fingerprint density at radius 3 is 2.70 bits per heavy atom. The molecule has 0 aromatic heterocycles. The minimum Gasteiger partial charge on any atom is -0.327 e. The fourth-order valence-electron chi connectivity index (χ4n) is 2.10. The molecule has 0 amide bonds. The standard InChI is InChI=1S/C11H15N3O4S.ClH/c12-9-3-2-6-13(8-9)19(17,18)11-5-1-4-10(7-11)14(15)16;/h1,4-5,7,9H,2-3,6,8,12H2;1H. The molecule has 2 rings (SSSR count). The Labute approximate surface area is 123 Å². The molecule has 0 spiro atoms. The molecular weight excluding hydrogens is 306 g/mol. The summed E-state index contributed by atoms with van der Waals surface area (Å²) in [7, 11) is -3.70. The quantitative estimate of drug-likeness (QED) is 0.663. The summed E-state index contributed by atoms with van der Waals surface area (Å²) in [5.41, 5.74) is 5.53. The number of nitrogens with zero attached hydrogens (tertiary/aromatic N) is 2. The van der Waals surface area contributed by atoms with Crippen LogP contribution in [0.2, 0.25) is 0 Å². The van der Waals surface area contributed by atoms with E-state index in [0.29, 0.717) is 13.0 Å². The van der Waals surface area contributed by atoms with Crippen LogP contribution in [0.1, 0.15) is 12.8 Å². The molecule has 1 aliphatic heterocycles. The van der Waals surface area contributed by atoms with E-state index in [2.05, 4.69) is 0 Å². The van der Waals surface area contributed by atoms with Gasteiger partial charge < -0.3 is 5.73 Å². The van der Waals surface area contributed by atoms with Crippen molar-refractivity contribution >= 4 is 28.1 Å². The molecule has 7 nitrogen and oxygen atoms in total. The number of nitro groups is 1. The van der Waals surface area contributed by atoms with E-state index in [4.69, 9.17) is 5.73 Å². The van der Waals surface area contributed by atoms with Gasteiger partial charge in [0.05, 0.1) is 9.82 Å². The van der Waals surface area contributed by atoms with Crippen molar-refractivity contribution in [2.45, 2.75) is 23.8 Å². The van der Waals surface area contributed by atoms with E-state index in [1.165, 1.54) is 22.5 Å². The molecule has 1 unspecified atom stereocenters. The summed E-state index contributed by atoms with van der Waals surface area (Å²) in [5, 5.41) is 10.7. The summed E-state index contributed by atoms with van der Waals surface area (Å²) in [5.74, 6) is 0. The lowest BCUT2D eigenvalue weighted by Gasteiger charge is -2.29. The Hall–Kier alpha value is -1.22. The predicted octanol–water partition coefficient (Wildman–Crippen LogP) is 1.13. The van der Waals surface area contributed by atoms with Gasteiger partial charge in [-0.2, -0.15) is 4.31 Å². The molecule has 0 saturated carbocycles. The molecule has 1 aromatic carbocycles. The number of nitro benzene ring substituents is 1. The average Bonchev–Trinajstić information content (AvgIpc) is 2.39. The highest BCUT2D eigenvalue weighted by Gasteiger charge is 2.29. The lowest BCUT2D eigenvalue weighted by atomic mass is 10.1. The molecular formula is C11H16ClN3O4S. The minimum absolute atomic E-state index is 0. The number of benzene rings is 1. The lowest BCUT2D eigenvalue weighted by Crippen LogP contribution is -2.45. The van der Waals surface area contributed by atoms with Crippen LogP contribution in [-0.4, -0.2) is 36.8 Å². The Balaban J connectivity index is 0.00000200. The van der Waals surface area contributed by atoms with E-state index in [0.717, 1.165) is 12.5 Å². The molecule has 1 aromatic rings. The number of hydrogen-bond donors (Lipinski definition) is 1. The van der Waals surface area contributed by atoms with Gasteiger partial charge in [0.15, 0.2) is 0 Å². The van der Waals surface area contributed by atoms with Gasteiger partial charge in [0.2, 0.25) is 10.0 Å². The van der Waals surface area contributed by atoms with Crippen LogP contribution in [0.25, 0.3) is 0 Å². The van der Waals surface area contributed by atoms with Crippen molar-refractivity contribution in [2.24, 2.45) is 5.73 Å². The summed E-state index contributed by atoms with van der Waals surface area (Å²) >= 11 is 0. The van der Waals surface area contributed by atoms with Gasteiger partial charge in [-0.05, 0) is 18.9 Å². The Bertz CT molecular complexity index is 593. The van der Waals surface area contributed by atoms with Crippen LogP contribution in [0.4, 0.5) is 5.69 Å². The fourth-order valence-corrected chi connectivity index (χ4v) is 3.67. The van der Waals surface area contributed by atoms with Gasteiger partial charge >= 0.3 is 0 Å². The highest BCUT2D eigenvalue weighted by atomic mass is 35.5. The maximum Gasteiger partial charge on any atom is 0.270 e. The number of non-ortho nitro benzene ring substituents is 1. The van der Waals surface area contributed by atoms with Crippen LogP contribution in [-0.2, 0) is 10.0 Å². The van der Waals surface area contributed by atoms with Gasteiger partial charge in [-0.15, -0.1) is 12.4 Å². The molecule has 1 saturated heterocycles. The smallest absolute Gasteiger partial charge is 0.270 e. The fraction of sp³-hybridized carbons (Fsp3) is 0.455. The highest BCUT2D eigenvalue weighted by Crippen LogP contribution is 2.23. The van der Waals surface area contributed by atoms with E-state index < -0.39 is 14.9 Å². The van der Waals surface area contributed by atoms with Crippen LogP contribution in [0.3, 0.4) is 0 Å². The normalized spacial score (nSPS) is 20.1. The molecule has 0 radical (unpaired) electrons. The molecule has 20 heavy (non-hydrogen) atoms. The first-order valence-corrected chi connectivity index (χ1v) is 7.35. The van der Waals surface area contributed by atoms with Crippen molar-refractivity contribution in [3.63, 3.8) is 0 Å². The van der Waals surface area contributed by atoms with Crippen LogP contribution in [0, 0.1) is 10.1 Å². The molecule has 0 aliphatic carbocycles. The minimum atomic E-state index is -3.70. The van der Waals surface area contributed by atoms with Crippen molar-refractivity contribution in [3.05, 3.63) is 34.4 Å². The Morgan fingerprint density at radius 2 is 2.10 bits per heavy atom. The third kappa shape index (κ3) is 3.45. The molecule has 9 heteroatoms. The second kappa shape index (κ2) is 6.49. The molecule has 1 aliphatic rings. The first-order valence-electron chi connectivity index (χ1n) is 5.91. The van der Waals surface area contributed by atoms with Gasteiger partial charge in [-0.3, -0.25) is 10.1 Å². The number of rotatable bonds is 3.